The number of rotatable bonds is 7. The first kappa shape index (κ1) is 20.5. The van der Waals surface area contributed by atoms with Gasteiger partial charge in [0.1, 0.15) is 17.8 Å². The van der Waals surface area contributed by atoms with Gasteiger partial charge in [-0.05, 0) is 38.5 Å². The normalized spacial score (nSPS) is 12.9. The number of hydrogen-bond acceptors (Lipinski definition) is 5. The van der Waals surface area contributed by atoms with E-state index in [0.29, 0.717) is 6.54 Å². The molecule has 29 heavy (non-hydrogen) atoms. The molecule has 0 saturated heterocycles. The van der Waals surface area contributed by atoms with Crippen LogP contribution >= 0.6 is 11.3 Å². The first-order valence-corrected chi connectivity index (χ1v) is 10.1. The molecule has 3 rings (SSSR count). The van der Waals surface area contributed by atoms with Gasteiger partial charge in [0.2, 0.25) is 11.8 Å². The number of aryl methyl sites for hydroxylation is 1. The van der Waals surface area contributed by atoms with Crippen LogP contribution < -0.4 is 16.0 Å². The van der Waals surface area contributed by atoms with Crippen molar-refractivity contribution >= 4 is 40.0 Å². The van der Waals surface area contributed by atoms with E-state index in [2.05, 4.69) is 25.9 Å². The van der Waals surface area contributed by atoms with Gasteiger partial charge in [-0.3, -0.25) is 14.4 Å². The maximum Gasteiger partial charge on any atom is 0.271 e. The molecule has 2 atom stereocenters. The zero-order chi connectivity index (χ0) is 21.0. The Labute approximate surface area is 172 Å². The lowest BCUT2D eigenvalue weighted by molar-refractivity contribution is -0.129. The first-order valence-electron chi connectivity index (χ1n) is 9.21. The van der Waals surface area contributed by atoms with Crippen molar-refractivity contribution in [1.29, 1.82) is 0 Å². The maximum atomic E-state index is 12.4. The van der Waals surface area contributed by atoms with Crippen molar-refractivity contribution in [2.24, 2.45) is 0 Å². The number of aromatic amines is 1. The molecule has 3 aromatic rings. The SMILES string of the molecule is Cc1nc(C(=O)NC(C)C(=O)NC(C)C(=O)NCc2cccc3[nH]ccc23)cs1. The summed E-state index contributed by atoms with van der Waals surface area (Å²) in [5.74, 6) is -1.17. The summed E-state index contributed by atoms with van der Waals surface area (Å²) in [6.45, 7) is 5.31. The predicted molar refractivity (Wildman–Crippen MR) is 112 cm³/mol. The third-order valence-corrected chi connectivity index (χ3v) is 5.26. The Morgan fingerprint density at radius 1 is 1.10 bits per heavy atom. The van der Waals surface area contributed by atoms with E-state index in [1.165, 1.54) is 11.3 Å². The van der Waals surface area contributed by atoms with Gasteiger partial charge in [0, 0.05) is 29.0 Å². The molecule has 8 nitrogen and oxygen atoms in total. The quantitative estimate of drug-likeness (QED) is 0.473. The van der Waals surface area contributed by atoms with Gasteiger partial charge in [-0.1, -0.05) is 12.1 Å². The highest BCUT2D eigenvalue weighted by atomic mass is 32.1. The van der Waals surface area contributed by atoms with Gasteiger partial charge in [-0.15, -0.1) is 11.3 Å². The number of nitrogens with zero attached hydrogens (tertiary/aromatic N) is 1. The van der Waals surface area contributed by atoms with Crippen LogP contribution in [0.25, 0.3) is 10.9 Å². The van der Waals surface area contributed by atoms with Crippen LogP contribution in [0.4, 0.5) is 0 Å². The topological polar surface area (TPSA) is 116 Å². The van der Waals surface area contributed by atoms with Crippen LogP contribution in [0.2, 0.25) is 0 Å². The Balaban J connectivity index is 1.50. The molecular weight excluding hydrogens is 390 g/mol. The molecule has 0 radical (unpaired) electrons. The molecule has 3 amide bonds. The smallest absolute Gasteiger partial charge is 0.271 e. The van der Waals surface area contributed by atoms with Crippen LogP contribution in [0.1, 0.15) is 34.9 Å². The summed E-state index contributed by atoms with van der Waals surface area (Å²) in [4.78, 5) is 44.0. The van der Waals surface area contributed by atoms with Gasteiger partial charge < -0.3 is 20.9 Å². The van der Waals surface area contributed by atoms with Crippen LogP contribution in [-0.4, -0.2) is 39.8 Å². The number of nitrogens with one attached hydrogen (secondary N) is 4. The lowest BCUT2D eigenvalue weighted by Crippen LogP contribution is -2.51. The minimum Gasteiger partial charge on any atom is -0.361 e. The van der Waals surface area contributed by atoms with E-state index < -0.39 is 23.9 Å². The highest BCUT2D eigenvalue weighted by Gasteiger charge is 2.22. The fraction of sp³-hybridized carbons (Fsp3) is 0.300. The zero-order valence-corrected chi connectivity index (χ0v) is 17.2. The monoisotopic (exact) mass is 413 g/mol. The predicted octanol–water partition coefficient (Wildman–Crippen LogP) is 1.87. The summed E-state index contributed by atoms with van der Waals surface area (Å²) >= 11 is 1.36. The van der Waals surface area contributed by atoms with Gasteiger partial charge in [0.15, 0.2) is 0 Å². The fourth-order valence-corrected chi connectivity index (χ4v) is 3.44. The number of carbonyl (C=O) groups excluding carboxylic acids is 3. The summed E-state index contributed by atoms with van der Waals surface area (Å²) < 4.78 is 0. The van der Waals surface area contributed by atoms with Crippen molar-refractivity contribution < 1.29 is 14.4 Å². The Kier molecular flexibility index (Phi) is 6.28. The molecule has 0 fully saturated rings. The Bertz CT molecular complexity index is 1040. The molecule has 0 saturated carbocycles. The average Bonchev–Trinajstić information content (AvgIpc) is 3.34. The maximum absolute atomic E-state index is 12.4. The highest BCUT2D eigenvalue weighted by Crippen LogP contribution is 2.17. The van der Waals surface area contributed by atoms with E-state index in [9.17, 15) is 14.4 Å². The molecule has 0 spiro atoms. The van der Waals surface area contributed by atoms with Crippen LogP contribution in [0, 0.1) is 6.92 Å². The number of amides is 3. The van der Waals surface area contributed by atoms with Crippen molar-refractivity contribution in [1.82, 2.24) is 25.9 Å². The summed E-state index contributed by atoms with van der Waals surface area (Å²) in [5.41, 5.74) is 2.25. The minimum absolute atomic E-state index is 0.275. The molecule has 2 heterocycles. The molecule has 1 aromatic carbocycles. The van der Waals surface area contributed by atoms with Gasteiger partial charge in [-0.2, -0.15) is 0 Å². The van der Waals surface area contributed by atoms with E-state index in [4.69, 9.17) is 0 Å². The zero-order valence-electron chi connectivity index (χ0n) is 16.4. The molecule has 0 bridgehead atoms. The van der Waals surface area contributed by atoms with E-state index in [1.807, 2.05) is 30.5 Å². The Morgan fingerprint density at radius 3 is 2.59 bits per heavy atom. The second-order valence-electron chi connectivity index (χ2n) is 6.75. The Morgan fingerprint density at radius 2 is 1.86 bits per heavy atom. The van der Waals surface area contributed by atoms with Crippen molar-refractivity contribution in [3.8, 4) is 0 Å². The van der Waals surface area contributed by atoms with Crippen LogP contribution in [0.5, 0.6) is 0 Å². The molecule has 152 valence electrons. The third kappa shape index (κ3) is 5.00. The van der Waals surface area contributed by atoms with Crippen LogP contribution in [-0.2, 0) is 16.1 Å². The van der Waals surface area contributed by atoms with Crippen molar-refractivity contribution in [2.75, 3.05) is 0 Å². The molecule has 0 aliphatic heterocycles. The average molecular weight is 414 g/mol. The highest BCUT2D eigenvalue weighted by molar-refractivity contribution is 7.09. The second kappa shape index (κ2) is 8.87. The minimum atomic E-state index is -0.798. The first-order chi connectivity index (χ1) is 13.8. The van der Waals surface area contributed by atoms with Gasteiger partial charge in [-0.25, -0.2) is 4.98 Å². The number of fused-ring (bicyclic) bond motifs is 1. The number of carbonyl (C=O) groups is 3. The van der Waals surface area contributed by atoms with Crippen molar-refractivity contribution in [2.45, 2.75) is 39.4 Å². The largest absolute Gasteiger partial charge is 0.361 e. The number of hydrogen-bond donors (Lipinski definition) is 4. The number of aromatic nitrogens is 2. The lowest BCUT2D eigenvalue weighted by Gasteiger charge is -2.18. The summed E-state index contributed by atoms with van der Waals surface area (Å²) in [5, 5.41) is 11.5. The second-order valence-corrected chi connectivity index (χ2v) is 7.81. The summed E-state index contributed by atoms with van der Waals surface area (Å²) in [6, 6.07) is 6.24. The summed E-state index contributed by atoms with van der Waals surface area (Å²) in [7, 11) is 0. The number of H-pyrrole nitrogens is 1. The van der Waals surface area contributed by atoms with E-state index >= 15 is 0 Å². The van der Waals surface area contributed by atoms with Gasteiger partial charge in [0.25, 0.3) is 5.91 Å². The molecule has 0 aliphatic rings. The van der Waals surface area contributed by atoms with Crippen LogP contribution in [0.3, 0.4) is 0 Å². The van der Waals surface area contributed by atoms with Gasteiger partial charge >= 0.3 is 0 Å². The van der Waals surface area contributed by atoms with E-state index in [0.717, 1.165) is 21.5 Å². The molecule has 2 aromatic heterocycles. The van der Waals surface area contributed by atoms with Crippen molar-refractivity contribution in [3.05, 3.63) is 52.1 Å². The van der Waals surface area contributed by atoms with E-state index in [-0.39, 0.29) is 11.6 Å². The standard InChI is InChI=1S/C20H23N5O3S/c1-11(18(26)22-9-14-5-4-6-16-15(14)7-8-21-16)23-19(27)12(2)24-20(28)17-10-29-13(3)25-17/h4-8,10-12,21H,9H2,1-3H3,(H,22,26)(H,23,27)(H,24,28). The Hall–Kier alpha value is -3.20. The van der Waals surface area contributed by atoms with Gasteiger partial charge in [0.05, 0.1) is 5.01 Å². The number of benzene rings is 1. The van der Waals surface area contributed by atoms with Crippen LogP contribution in [0.15, 0.2) is 35.8 Å². The molecule has 4 N–H and O–H groups in total. The summed E-state index contributed by atoms with van der Waals surface area (Å²) in [6.07, 6.45) is 1.85. The molecular formula is C20H23N5O3S. The molecule has 0 aliphatic carbocycles. The lowest BCUT2D eigenvalue weighted by atomic mass is 10.1. The van der Waals surface area contributed by atoms with Crippen molar-refractivity contribution in [3.63, 3.8) is 0 Å². The van der Waals surface area contributed by atoms with E-state index in [1.54, 1.807) is 26.2 Å². The molecule has 9 heteroatoms. The molecule has 2 unspecified atom stereocenters. The number of thiazole rings is 1. The third-order valence-electron chi connectivity index (χ3n) is 4.48. The fourth-order valence-electron chi connectivity index (χ4n) is 2.85.